The van der Waals surface area contributed by atoms with Crippen molar-refractivity contribution < 1.29 is 22.3 Å². The van der Waals surface area contributed by atoms with Crippen molar-refractivity contribution in [2.24, 2.45) is 0 Å². The molecule has 0 saturated carbocycles. The van der Waals surface area contributed by atoms with Crippen molar-refractivity contribution in [1.29, 1.82) is 0 Å². The molecule has 0 radical (unpaired) electrons. The molecule has 1 N–H and O–H groups in total. The fraction of sp³-hybridized carbons (Fsp3) is 0.269. The number of morpholine rings is 1. The van der Waals surface area contributed by atoms with Gasteiger partial charge >= 0.3 is 0 Å². The van der Waals surface area contributed by atoms with E-state index in [1.54, 1.807) is 0 Å². The molecule has 6 nitrogen and oxygen atoms in total. The molecule has 8 heteroatoms. The van der Waals surface area contributed by atoms with Crippen molar-refractivity contribution in [1.82, 2.24) is 9.62 Å². The highest BCUT2D eigenvalue weighted by Crippen LogP contribution is 2.27. The van der Waals surface area contributed by atoms with E-state index in [1.165, 1.54) is 10.4 Å². The van der Waals surface area contributed by atoms with E-state index in [-0.39, 0.29) is 37.8 Å². The van der Waals surface area contributed by atoms with Crippen molar-refractivity contribution in [3.63, 3.8) is 0 Å². The first-order valence-corrected chi connectivity index (χ1v) is 12.7. The third kappa shape index (κ3) is 5.52. The van der Waals surface area contributed by atoms with E-state index in [9.17, 15) is 17.6 Å². The van der Waals surface area contributed by atoms with Gasteiger partial charge in [-0.05, 0) is 35.7 Å². The van der Waals surface area contributed by atoms with Gasteiger partial charge in [-0.25, -0.2) is 12.8 Å². The Bertz CT molecular complexity index is 1170. The number of rotatable bonds is 8. The second-order valence-electron chi connectivity index (χ2n) is 8.08. The van der Waals surface area contributed by atoms with E-state index in [4.69, 9.17) is 4.74 Å². The normalized spacial score (nSPS) is 14.8. The summed E-state index contributed by atoms with van der Waals surface area (Å²) in [6, 6.07) is 23.5. The molecule has 1 amide bonds. The molecule has 34 heavy (non-hydrogen) atoms. The highest BCUT2D eigenvalue weighted by molar-refractivity contribution is 7.89. The maximum Gasteiger partial charge on any atom is 0.251 e. The van der Waals surface area contributed by atoms with Gasteiger partial charge in [-0.3, -0.25) is 4.79 Å². The monoisotopic (exact) mass is 482 g/mol. The van der Waals surface area contributed by atoms with Crippen LogP contribution < -0.4 is 5.32 Å². The zero-order valence-corrected chi connectivity index (χ0v) is 19.5. The topological polar surface area (TPSA) is 75.7 Å². The van der Waals surface area contributed by atoms with Crippen LogP contribution in [0.1, 0.15) is 33.8 Å². The van der Waals surface area contributed by atoms with Gasteiger partial charge in [0.1, 0.15) is 10.7 Å². The van der Waals surface area contributed by atoms with Crippen LogP contribution in [0, 0.1) is 5.82 Å². The van der Waals surface area contributed by atoms with Crippen LogP contribution in [-0.2, 0) is 14.8 Å². The first kappa shape index (κ1) is 24.1. The molecule has 0 spiro atoms. The molecule has 0 aromatic heterocycles. The largest absolute Gasteiger partial charge is 0.379 e. The molecule has 0 unspecified atom stereocenters. The molecule has 178 valence electrons. The molecule has 1 aliphatic heterocycles. The second-order valence-corrected chi connectivity index (χ2v) is 9.99. The summed E-state index contributed by atoms with van der Waals surface area (Å²) in [5, 5.41) is 2.86. The molecule has 0 bridgehead atoms. The van der Waals surface area contributed by atoms with Gasteiger partial charge in [-0.2, -0.15) is 4.31 Å². The lowest BCUT2D eigenvalue weighted by Crippen LogP contribution is -2.41. The highest BCUT2D eigenvalue weighted by Gasteiger charge is 2.29. The summed E-state index contributed by atoms with van der Waals surface area (Å²) in [6.07, 6.45) is 0.653. The zero-order chi connectivity index (χ0) is 24.0. The summed E-state index contributed by atoms with van der Waals surface area (Å²) in [6.45, 7) is 1.18. The average Bonchev–Trinajstić information content (AvgIpc) is 2.88. The van der Waals surface area contributed by atoms with Gasteiger partial charge in [-0.1, -0.05) is 60.7 Å². The predicted molar refractivity (Wildman–Crippen MR) is 128 cm³/mol. The Labute approximate surface area is 199 Å². The molecule has 1 saturated heterocycles. The van der Waals surface area contributed by atoms with Crippen molar-refractivity contribution >= 4 is 15.9 Å². The van der Waals surface area contributed by atoms with Gasteiger partial charge in [0.05, 0.1) is 13.2 Å². The maximum atomic E-state index is 14.4. The molecule has 1 aliphatic rings. The van der Waals surface area contributed by atoms with Crippen molar-refractivity contribution in [3.8, 4) is 0 Å². The number of amides is 1. The Morgan fingerprint density at radius 2 is 1.53 bits per heavy atom. The van der Waals surface area contributed by atoms with E-state index in [1.807, 2.05) is 36.4 Å². The first-order valence-electron chi connectivity index (χ1n) is 11.2. The molecular formula is C26H27FN2O4S. The Kier molecular flexibility index (Phi) is 7.72. The highest BCUT2D eigenvalue weighted by atomic mass is 32.2. The molecule has 3 aromatic rings. The van der Waals surface area contributed by atoms with Crippen LogP contribution in [0.3, 0.4) is 0 Å². The van der Waals surface area contributed by atoms with Crippen LogP contribution in [0.2, 0.25) is 0 Å². The lowest BCUT2D eigenvalue weighted by molar-refractivity contribution is 0.0729. The van der Waals surface area contributed by atoms with Crippen LogP contribution in [0.4, 0.5) is 4.39 Å². The number of nitrogens with one attached hydrogen (secondary N) is 1. The third-order valence-corrected chi connectivity index (χ3v) is 7.82. The molecule has 4 rings (SSSR count). The van der Waals surface area contributed by atoms with E-state index in [0.717, 1.165) is 23.3 Å². The number of carbonyl (C=O) groups excluding carboxylic acids is 1. The smallest absolute Gasteiger partial charge is 0.251 e. The maximum absolute atomic E-state index is 14.4. The Morgan fingerprint density at radius 1 is 0.941 bits per heavy atom. The number of ether oxygens (including phenoxy) is 1. The summed E-state index contributed by atoms with van der Waals surface area (Å²) < 4.78 is 46.6. The van der Waals surface area contributed by atoms with Gasteiger partial charge in [-0.15, -0.1) is 0 Å². The number of hydrogen-bond acceptors (Lipinski definition) is 4. The van der Waals surface area contributed by atoms with Crippen LogP contribution in [0.15, 0.2) is 83.8 Å². The zero-order valence-electron chi connectivity index (χ0n) is 18.7. The van der Waals surface area contributed by atoms with Crippen molar-refractivity contribution in [2.45, 2.75) is 17.2 Å². The molecular weight excluding hydrogens is 455 g/mol. The number of hydrogen-bond donors (Lipinski definition) is 1. The molecule has 0 atom stereocenters. The summed E-state index contributed by atoms with van der Waals surface area (Å²) in [5.41, 5.74) is 2.39. The number of carbonyl (C=O) groups is 1. The fourth-order valence-electron chi connectivity index (χ4n) is 4.10. The van der Waals surface area contributed by atoms with Gasteiger partial charge in [0, 0.05) is 31.1 Å². The van der Waals surface area contributed by atoms with Gasteiger partial charge in [0.25, 0.3) is 5.91 Å². The fourth-order valence-corrected chi connectivity index (χ4v) is 5.60. The number of benzene rings is 3. The van der Waals surface area contributed by atoms with Gasteiger partial charge in [0.2, 0.25) is 10.0 Å². The van der Waals surface area contributed by atoms with Crippen molar-refractivity contribution in [3.05, 3.63) is 101 Å². The van der Waals surface area contributed by atoms with Gasteiger partial charge < -0.3 is 10.1 Å². The minimum atomic E-state index is -4.06. The minimum absolute atomic E-state index is 0.0909. The minimum Gasteiger partial charge on any atom is -0.379 e. The van der Waals surface area contributed by atoms with Gasteiger partial charge in [0.15, 0.2) is 0 Å². The lowest BCUT2D eigenvalue weighted by Gasteiger charge is -2.26. The van der Waals surface area contributed by atoms with E-state index < -0.39 is 26.6 Å². The molecule has 3 aromatic carbocycles. The third-order valence-electron chi connectivity index (χ3n) is 5.90. The van der Waals surface area contributed by atoms with Crippen LogP contribution >= 0.6 is 0 Å². The summed E-state index contributed by atoms with van der Waals surface area (Å²) >= 11 is 0. The SMILES string of the molecule is O=C(NCCC(c1ccccc1)c1ccccc1)c1ccc(F)c(S(=O)(=O)N2CCOCC2)c1. The van der Waals surface area contributed by atoms with E-state index >= 15 is 0 Å². The molecule has 1 heterocycles. The number of sulfonamides is 1. The first-order chi connectivity index (χ1) is 16.5. The van der Waals surface area contributed by atoms with Crippen LogP contribution in [0.25, 0.3) is 0 Å². The van der Waals surface area contributed by atoms with Crippen molar-refractivity contribution in [2.75, 3.05) is 32.8 Å². The average molecular weight is 483 g/mol. The lowest BCUT2D eigenvalue weighted by atomic mass is 9.88. The second kappa shape index (κ2) is 10.9. The molecule has 1 fully saturated rings. The Balaban J connectivity index is 1.47. The van der Waals surface area contributed by atoms with E-state index in [0.29, 0.717) is 13.0 Å². The predicted octanol–water partition coefficient (Wildman–Crippen LogP) is 3.80. The standard InChI is InChI=1S/C26H27FN2O4S/c27-24-12-11-22(19-25(24)34(31,32)29-15-17-33-18-16-29)26(30)28-14-13-23(20-7-3-1-4-8-20)21-9-5-2-6-10-21/h1-12,19,23H,13-18H2,(H,28,30). The Morgan fingerprint density at radius 3 is 2.12 bits per heavy atom. The Hall–Kier alpha value is -3.07. The van der Waals surface area contributed by atoms with E-state index in [2.05, 4.69) is 29.6 Å². The van der Waals surface area contributed by atoms with Crippen LogP contribution in [-0.4, -0.2) is 51.5 Å². The summed E-state index contributed by atoms with van der Waals surface area (Å²) in [7, 11) is -4.06. The quantitative estimate of drug-likeness (QED) is 0.530. The van der Waals surface area contributed by atoms with Crippen LogP contribution in [0.5, 0.6) is 0 Å². The molecule has 0 aliphatic carbocycles. The summed E-state index contributed by atoms with van der Waals surface area (Å²) in [5.74, 6) is -1.23. The number of halogens is 1. The summed E-state index contributed by atoms with van der Waals surface area (Å²) in [4.78, 5) is 12.3. The number of nitrogens with zero attached hydrogens (tertiary/aromatic N) is 1.